The molecule has 0 radical (unpaired) electrons. The third-order valence-corrected chi connectivity index (χ3v) is 3.14. The van der Waals surface area contributed by atoms with E-state index in [1.807, 2.05) is 17.9 Å². The summed E-state index contributed by atoms with van der Waals surface area (Å²) in [5.41, 5.74) is 1.34. The predicted octanol–water partition coefficient (Wildman–Crippen LogP) is 2.52. The van der Waals surface area contributed by atoms with Gasteiger partial charge in [-0.05, 0) is 38.3 Å². The van der Waals surface area contributed by atoms with Gasteiger partial charge in [-0.3, -0.25) is 4.68 Å². The summed E-state index contributed by atoms with van der Waals surface area (Å²) < 4.78 is 1.97. The fraction of sp³-hybridized carbons (Fsp3) is 0.769. The molecule has 1 heterocycles. The summed E-state index contributed by atoms with van der Waals surface area (Å²) in [7, 11) is 2.02. The van der Waals surface area contributed by atoms with Crippen molar-refractivity contribution in [2.75, 3.05) is 6.54 Å². The topological polar surface area (TPSA) is 29.9 Å². The van der Waals surface area contributed by atoms with Gasteiger partial charge in [0.2, 0.25) is 0 Å². The van der Waals surface area contributed by atoms with Crippen molar-refractivity contribution >= 4 is 0 Å². The number of nitrogens with one attached hydrogen (secondary N) is 1. The van der Waals surface area contributed by atoms with Gasteiger partial charge in [0, 0.05) is 25.0 Å². The zero-order valence-corrected chi connectivity index (χ0v) is 10.9. The highest BCUT2D eigenvalue weighted by molar-refractivity contribution is 4.99. The minimum Gasteiger partial charge on any atom is -0.314 e. The van der Waals surface area contributed by atoms with Crippen molar-refractivity contribution in [3.05, 3.63) is 18.0 Å². The first-order chi connectivity index (χ1) is 7.77. The van der Waals surface area contributed by atoms with E-state index in [9.17, 15) is 0 Å². The molecule has 0 fully saturated rings. The molecule has 3 heteroatoms. The predicted molar refractivity (Wildman–Crippen MR) is 68.5 cm³/mol. The summed E-state index contributed by atoms with van der Waals surface area (Å²) in [6.07, 6.45) is 8.13. The first-order valence-electron chi connectivity index (χ1n) is 6.48. The molecule has 0 saturated carbocycles. The van der Waals surface area contributed by atoms with Crippen LogP contribution in [0.1, 0.15) is 45.2 Å². The first kappa shape index (κ1) is 13.2. The molecule has 3 nitrogen and oxygen atoms in total. The Hall–Kier alpha value is -0.830. The molecule has 0 aromatic carbocycles. The third-order valence-electron chi connectivity index (χ3n) is 3.14. The van der Waals surface area contributed by atoms with E-state index in [0.717, 1.165) is 13.0 Å². The molecule has 1 aromatic heterocycles. The molecule has 1 rings (SSSR count). The minimum absolute atomic E-state index is 0.705. The van der Waals surface area contributed by atoms with Gasteiger partial charge >= 0.3 is 0 Å². The van der Waals surface area contributed by atoms with Crippen LogP contribution < -0.4 is 5.32 Å². The second kappa shape index (κ2) is 7.44. The maximum Gasteiger partial charge on any atom is 0.0492 e. The molecule has 0 saturated heterocycles. The number of rotatable bonds is 8. The van der Waals surface area contributed by atoms with Gasteiger partial charge in [0.1, 0.15) is 0 Å². The summed E-state index contributed by atoms with van der Waals surface area (Å²) in [6, 6.07) is 2.82. The van der Waals surface area contributed by atoms with E-state index in [0.29, 0.717) is 6.04 Å². The number of nitrogens with zero attached hydrogens (tertiary/aromatic N) is 2. The Kier molecular flexibility index (Phi) is 6.16. The number of aromatic nitrogens is 2. The van der Waals surface area contributed by atoms with E-state index < -0.39 is 0 Å². The maximum atomic E-state index is 4.18. The van der Waals surface area contributed by atoms with Crippen molar-refractivity contribution in [3.8, 4) is 0 Å². The normalized spacial score (nSPS) is 12.9. The molecule has 0 aliphatic heterocycles. The monoisotopic (exact) mass is 223 g/mol. The van der Waals surface area contributed by atoms with Gasteiger partial charge < -0.3 is 5.32 Å². The van der Waals surface area contributed by atoms with Gasteiger partial charge in [-0.1, -0.05) is 20.3 Å². The molecule has 92 valence electrons. The van der Waals surface area contributed by atoms with Crippen LogP contribution in [-0.4, -0.2) is 22.4 Å². The Morgan fingerprint density at radius 1 is 1.38 bits per heavy atom. The van der Waals surface area contributed by atoms with Gasteiger partial charge in [0.05, 0.1) is 0 Å². The molecule has 0 amide bonds. The Balaban J connectivity index is 2.14. The molecular formula is C13H25N3. The van der Waals surface area contributed by atoms with E-state index in [4.69, 9.17) is 0 Å². The fourth-order valence-corrected chi connectivity index (χ4v) is 2.08. The van der Waals surface area contributed by atoms with Crippen molar-refractivity contribution in [2.24, 2.45) is 7.05 Å². The van der Waals surface area contributed by atoms with Gasteiger partial charge in [-0.25, -0.2) is 0 Å². The Morgan fingerprint density at radius 2 is 2.19 bits per heavy atom. The Morgan fingerprint density at radius 3 is 2.75 bits per heavy atom. The van der Waals surface area contributed by atoms with Crippen LogP contribution in [0.3, 0.4) is 0 Å². The van der Waals surface area contributed by atoms with Crippen LogP contribution in [0.2, 0.25) is 0 Å². The highest BCUT2D eigenvalue weighted by atomic mass is 15.2. The summed E-state index contributed by atoms with van der Waals surface area (Å²) >= 11 is 0. The van der Waals surface area contributed by atoms with E-state index in [2.05, 4.69) is 30.3 Å². The van der Waals surface area contributed by atoms with E-state index in [1.54, 1.807) is 0 Å². The molecule has 0 aliphatic rings. The lowest BCUT2D eigenvalue weighted by Crippen LogP contribution is -2.27. The number of hydrogen-bond acceptors (Lipinski definition) is 2. The van der Waals surface area contributed by atoms with Gasteiger partial charge in [-0.2, -0.15) is 5.10 Å². The molecule has 1 unspecified atom stereocenters. The maximum absolute atomic E-state index is 4.18. The zero-order valence-electron chi connectivity index (χ0n) is 10.9. The van der Waals surface area contributed by atoms with Crippen LogP contribution >= 0.6 is 0 Å². The molecule has 0 bridgehead atoms. The highest BCUT2D eigenvalue weighted by Gasteiger charge is 2.04. The van der Waals surface area contributed by atoms with Crippen LogP contribution in [0.5, 0.6) is 0 Å². The van der Waals surface area contributed by atoms with Gasteiger partial charge in [0.15, 0.2) is 0 Å². The minimum atomic E-state index is 0.705. The fourth-order valence-electron chi connectivity index (χ4n) is 2.08. The lowest BCUT2D eigenvalue weighted by Gasteiger charge is -2.15. The van der Waals surface area contributed by atoms with Crippen molar-refractivity contribution in [2.45, 2.75) is 52.0 Å². The van der Waals surface area contributed by atoms with Crippen LogP contribution in [-0.2, 0) is 13.5 Å². The highest BCUT2D eigenvalue weighted by Crippen LogP contribution is 2.08. The molecule has 16 heavy (non-hydrogen) atoms. The first-order valence-corrected chi connectivity index (χ1v) is 6.48. The second-order valence-electron chi connectivity index (χ2n) is 4.35. The van der Waals surface area contributed by atoms with E-state index in [1.165, 1.54) is 31.4 Å². The number of unbranched alkanes of at least 4 members (excludes halogenated alkanes) is 1. The lowest BCUT2D eigenvalue weighted by molar-refractivity contribution is 0.458. The van der Waals surface area contributed by atoms with Gasteiger partial charge in [-0.15, -0.1) is 0 Å². The molecule has 0 spiro atoms. The van der Waals surface area contributed by atoms with Crippen molar-refractivity contribution in [1.82, 2.24) is 15.1 Å². The second-order valence-corrected chi connectivity index (χ2v) is 4.35. The quantitative estimate of drug-likeness (QED) is 0.686. The zero-order chi connectivity index (χ0) is 11.8. The average Bonchev–Trinajstić information content (AvgIpc) is 2.69. The standard InChI is InChI=1S/C13H25N3/c1-4-12(14-5-2)8-6-7-9-13-10-11-15-16(13)3/h10-12,14H,4-9H2,1-3H3. The number of aryl methyl sites for hydroxylation is 2. The molecule has 0 aliphatic carbocycles. The van der Waals surface area contributed by atoms with Crippen molar-refractivity contribution in [3.63, 3.8) is 0 Å². The smallest absolute Gasteiger partial charge is 0.0492 e. The van der Waals surface area contributed by atoms with Gasteiger partial charge in [0.25, 0.3) is 0 Å². The SMILES string of the molecule is CCNC(CC)CCCCc1ccnn1C. The largest absolute Gasteiger partial charge is 0.314 e. The van der Waals surface area contributed by atoms with Crippen LogP contribution in [0, 0.1) is 0 Å². The Labute approximate surface area is 99.2 Å². The number of hydrogen-bond donors (Lipinski definition) is 1. The molecule has 1 atom stereocenters. The summed E-state index contributed by atoms with van der Waals surface area (Å²) in [5, 5.41) is 7.70. The summed E-state index contributed by atoms with van der Waals surface area (Å²) in [6.45, 7) is 5.52. The molecular weight excluding hydrogens is 198 g/mol. The van der Waals surface area contributed by atoms with E-state index in [-0.39, 0.29) is 0 Å². The van der Waals surface area contributed by atoms with Crippen molar-refractivity contribution < 1.29 is 0 Å². The summed E-state index contributed by atoms with van der Waals surface area (Å²) in [5.74, 6) is 0. The van der Waals surface area contributed by atoms with Crippen molar-refractivity contribution in [1.29, 1.82) is 0 Å². The third kappa shape index (κ3) is 4.35. The Bertz CT molecular complexity index is 280. The summed E-state index contributed by atoms with van der Waals surface area (Å²) in [4.78, 5) is 0. The lowest BCUT2D eigenvalue weighted by atomic mass is 10.1. The average molecular weight is 223 g/mol. The van der Waals surface area contributed by atoms with Crippen LogP contribution in [0.15, 0.2) is 12.3 Å². The molecule has 1 aromatic rings. The van der Waals surface area contributed by atoms with Crippen LogP contribution in [0.4, 0.5) is 0 Å². The molecule has 1 N–H and O–H groups in total. The van der Waals surface area contributed by atoms with Crippen LogP contribution in [0.25, 0.3) is 0 Å². The van der Waals surface area contributed by atoms with E-state index >= 15 is 0 Å².